The molecule has 0 spiro atoms. The molecular formula is C14H16ClFN2S. The van der Waals surface area contributed by atoms with Gasteiger partial charge in [0.15, 0.2) is 0 Å². The highest BCUT2D eigenvalue weighted by atomic mass is 35.5. The molecule has 5 heteroatoms. The minimum absolute atomic E-state index is 0.0188. The molecule has 0 amide bonds. The summed E-state index contributed by atoms with van der Waals surface area (Å²) >= 11 is 7.68. The van der Waals surface area contributed by atoms with Crippen molar-refractivity contribution in [3.8, 4) is 0 Å². The number of aromatic nitrogens is 1. The molecule has 1 heterocycles. The molecule has 1 aromatic heterocycles. The molecule has 1 atom stereocenters. The number of nitrogens with one attached hydrogen (secondary N) is 1. The zero-order valence-electron chi connectivity index (χ0n) is 10.9. The number of benzene rings is 1. The Bertz CT molecular complexity index is 556. The minimum atomic E-state index is -0.378. The van der Waals surface area contributed by atoms with Crippen molar-refractivity contribution in [2.24, 2.45) is 0 Å². The molecule has 0 aliphatic rings. The number of rotatable bonds is 5. The van der Waals surface area contributed by atoms with E-state index < -0.39 is 0 Å². The Morgan fingerprint density at radius 3 is 2.89 bits per heavy atom. The summed E-state index contributed by atoms with van der Waals surface area (Å²) in [6.45, 7) is 4.79. The van der Waals surface area contributed by atoms with Crippen molar-refractivity contribution < 1.29 is 4.39 Å². The van der Waals surface area contributed by atoms with Gasteiger partial charge >= 0.3 is 0 Å². The van der Waals surface area contributed by atoms with E-state index >= 15 is 0 Å². The third kappa shape index (κ3) is 3.53. The average Bonchev–Trinajstić information content (AvgIpc) is 2.78. The molecular weight excluding hydrogens is 283 g/mol. The van der Waals surface area contributed by atoms with Gasteiger partial charge in [-0.3, -0.25) is 0 Å². The maximum Gasteiger partial charge on any atom is 0.142 e. The SMILES string of the molecule is CCNC(Cc1csc(C)n1)c1cccc(F)c1Cl. The van der Waals surface area contributed by atoms with E-state index in [1.54, 1.807) is 17.4 Å². The zero-order chi connectivity index (χ0) is 13.8. The number of thiazole rings is 1. The lowest BCUT2D eigenvalue weighted by molar-refractivity contribution is 0.538. The Balaban J connectivity index is 2.26. The first-order chi connectivity index (χ1) is 9.11. The van der Waals surface area contributed by atoms with Crippen LogP contribution in [0.3, 0.4) is 0 Å². The molecule has 0 saturated heterocycles. The quantitative estimate of drug-likeness (QED) is 0.897. The van der Waals surface area contributed by atoms with Crippen LogP contribution < -0.4 is 5.32 Å². The molecule has 19 heavy (non-hydrogen) atoms. The van der Waals surface area contributed by atoms with Crippen molar-refractivity contribution in [1.82, 2.24) is 10.3 Å². The van der Waals surface area contributed by atoms with E-state index in [2.05, 4.69) is 10.3 Å². The Morgan fingerprint density at radius 1 is 1.47 bits per heavy atom. The van der Waals surface area contributed by atoms with E-state index in [4.69, 9.17) is 11.6 Å². The molecule has 0 aliphatic carbocycles. The number of hydrogen-bond donors (Lipinski definition) is 1. The summed E-state index contributed by atoms with van der Waals surface area (Å²) in [7, 11) is 0. The molecule has 1 aromatic carbocycles. The van der Waals surface area contributed by atoms with Crippen LogP contribution in [0.1, 0.15) is 29.2 Å². The van der Waals surface area contributed by atoms with Crippen molar-refractivity contribution in [3.05, 3.63) is 50.7 Å². The van der Waals surface area contributed by atoms with Crippen LogP contribution in [-0.4, -0.2) is 11.5 Å². The third-order valence-electron chi connectivity index (χ3n) is 2.89. The molecule has 0 saturated carbocycles. The Hall–Kier alpha value is -0.970. The lowest BCUT2D eigenvalue weighted by Gasteiger charge is -2.19. The van der Waals surface area contributed by atoms with Crippen LogP contribution in [0.2, 0.25) is 5.02 Å². The lowest BCUT2D eigenvalue weighted by atomic mass is 10.0. The fourth-order valence-corrected chi connectivity index (χ4v) is 2.92. The molecule has 2 nitrogen and oxygen atoms in total. The van der Waals surface area contributed by atoms with Gasteiger partial charge in [0.25, 0.3) is 0 Å². The Morgan fingerprint density at radius 2 is 2.26 bits per heavy atom. The summed E-state index contributed by atoms with van der Waals surface area (Å²) in [5, 5.41) is 6.61. The summed E-state index contributed by atoms with van der Waals surface area (Å²) in [6, 6.07) is 4.90. The highest BCUT2D eigenvalue weighted by molar-refractivity contribution is 7.09. The summed E-state index contributed by atoms with van der Waals surface area (Å²) in [4.78, 5) is 4.45. The molecule has 2 aromatic rings. The molecule has 102 valence electrons. The normalized spacial score (nSPS) is 12.6. The van der Waals surface area contributed by atoms with Crippen molar-refractivity contribution in [2.75, 3.05) is 6.54 Å². The fraction of sp³-hybridized carbons (Fsp3) is 0.357. The molecule has 0 bridgehead atoms. The largest absolute Gasteiger partial charge is 0.310 e. The highest BCUT2D eigenvalue weighted by Crippen LogP contribution is 2.28. The Labute approximate surface area is 121 Å². The van der Waals surface area contributed by atoms with Crippen molar-refractivity contribution in [1.29, 1.82) is 0 Å². The predicted octanol–water partition coefficient (Wildman–Crippen LogP) is 4.14. The number of aryl methyl sites for hydroxylation is 1. The van der Waals surface area contributed by atoms with E-state index in [9.17, 15) is 4.39 Å². The maximum absolute atomic E-state index is 13.5. The van der Waals surface area contributed by atoms with Crippen LogP contribution in [0.15, 0.2) is 23.6 Å². The van der Waals surface area contributed by atoms with Gasteiger partial charge in [0.05, 0.1) is 15.7 Å². The smallest absolute Gasteiger partial charge is 0.142 e. The second-order valence-electron chi connectivity index (χ2n) is 4.32. The van der Waals surface area contributed by atoms with Crippen molar-refractivity contribution >= 4 is 22.9 Å². The van der Waals surface area contributed by atoms with E-state index in [-0.39, 0.29) is 16.9 Å². The first-order valence-electron chi connectivity index (χ1n) is 6.20. The van der Waals surface area contributed by atoms with Crippen LogP contribution in [0.4, 0.5) is 4.39 Å². The minimum Gasteiger partial charge on any atom is -0.310 e. The van der Waals surface area contributed by atoms with E-state index in [0.29, 0.717) is 6.42 Å². The topological polar surface area (TPSA) is 24.9 Å². The summed E-state index contributed by atoms with van der Waals surface area (Å²) in [5.74, 6) is -0.378. The van der Waals surface area contributed by atoms with E-state index in [1.165, 1.54) is 6.07 Å². The summed E-state index contributed by atoms with van der Waals surface area (Å²) < 4.78 is 13.5. The van der Waals surface area contributed by atoms with Gasteiger partial charge in [-0.25, -0.2) is 9.37 Å². The summed E-state index contributed by atoms with van der Waals surface area (Å²) in [6.07, 6.45) is 0.710. The number of halogens is 2. The average molecular weight is 299 g/mol. The van der Waals surface area contributed by atoms with Gasteiger partial charge in [0.1, 0.15) is 5.82 Å². The van der Waals surface area contributed by atoms with Crippen LogP contribution in [0, 0.1) is 12.7 Å². The van der Waals surface area contributed by atoms with Crippen LogP contribution in [0.25, 0.3) is 0 Å². The first kappa shape index (κ1) is 14.4. The third-order valence-corrected chi connectivity index (χ3v) is 4.11. The Kier molecular flexibility index (Phi) is 4.91. The standard InChI is InChI=1S/C14H16ClFN2S/c1-3-17-13(7-10-8-19-9(2)18-10)11-5-4-6-12(16)14(11)15/h4-6,8,13,17H,3,7H2,1-2H3. The van der Waals surface area contributed by atoms with Crippen LogP contribution >= 0.6 is 22.9 Å². The number of nitrogens with zero attached hydrogens (tertiary/aromatic N) is 1. The highest BCUT2D eigenvalue weighted by Gasteiger charge is 2.17. The molecule has 2 rings (SSSR count). The molecule has 0 fully saturated rings. The van der Waals surface area contributed by atoms with Gasteiger partial charge in [-0.05, 0) is 25.1 Å². The van der Waals surface area contributed by atoms with Gasteiger partial charge < -0.3 is 5.32 Å². The maximum atomic E-state index is 13.5. The second kappa shape index (κ2) is 6.46. The van der Waals surface area contributed by atoms with Gasteiger partial charge in [0, 0.05) is 17.8 Å². The predicted molar refractivity (Wildman–Crippen MR) is 78.4 cm³/mol. The van der Waals surface area contributed by atoms with E-state index in [0.717, 1.165) is 22.8 Å². The van der Waals surface area contributed by atoms with E-state index in [1.807, 2.05) is 25.3 Å². The molecule has 1 unspecified atom stereocenters. The lowest BCUT2D eigenvalue weighted by Crippen LogP contribution is -2.23. The van der Waals surface area contributed by atoms with Gasteiger partial charge in [0.2, 0.25) is 0 Å². The van der Waals surface area contributed by atoms with Gasteiger partial charge in [-0.15, -0.1) is 11.3 Å². The van der Waals surface area contributed by atoms with Crippen molar-refractivity contribution in [3.63, 3.8) is 0 Å². The van der Waals surface area contributed by atoms with Crippen LogP contribution in [0.5, 0.6) is 0 Å². The van der Waals surface area contributed by atoms with Crippen molar-refractivity contribution in [2.45, 2.75) is 26.3 Å². The monoisotopic (exact) mass is 298 g/mol. The fourth-order valence-electron chi connectivity index (χ4n) is 2.04. The number of hydrogen-bond acceptors (Lipinski definition) is 3. The zero-order valence-corrected chi connectivity index (χ0v) is 12.5. The van der Waals surface area contributed by atoms with Crippen LogP contribution in [-0.2, 0) is 6.42 Å². The molecule has 0 aliphatic heterocycles. The first-order valence-corrected chi connectivity index (χ1v) is 7.46. The number of likely N-dealkylation sites (N-methyl/N-ethyl adjacent to an activating group) is 1. The molecule has 0 radical (unpaired) electrons. The second-order valence-corrected chi connectivity index (χ2v) is 5.76. The molecule has 1 N–H and O–H groups in total. The summed E-state index contributed by atoms with van der Waals surface area (Å²) in [5.41, 5.74) is 1.79. The van der Waals surface area contributed by atoms with Gasteiger partial charge in [-0.1, -0.05) is 30.7 Å². The van der Waals surface area contributed by atoms with Gasteiger partial charge in [-0.2, -0.15) is 0 Å².